The molecule has 1 heterocycles. The van der Waals surface area contributed by atoms with E-state index in [1.807, 2.05) is 24.3 Å². The second kappa shape index (κ2) is 7.54. The first-order valence-electron chi connectivity index (χ1n) is 7.36. The maximum Gasteiger partial charge on any atom is 0.224 e. The molecule has 0 atom stereocenters. The highest BCUT2D eigenvalue weighted by molar-refractivity contribution is 5.95. The Kier molecular flexibility index (Phi) is 5.46. The predicted molar refractivity (Wildman–Crippen MR) is 87.5 cm³/mol. The Bertz CT molecular complexity index is 726. The molecule has 1 N–H and O–H groups in total. The molecule has 2 aromatic rings. The number of carbonyl (C=O) groups excluding carboxylic acids is 2. The van der Waals surface area contributed by atoms with Crippen molar-refractivity contribution in [1.82, 2.24) is 10.3 Å². The fourth-order valence-electron chi connectivity index (χ4n) is 2.30. The number of nitrogens with zero attached hydrogens (tertiary/aromatic N) is 1. The molecule has 0 radical (unpaired) electrons. The minimum absolute atomic E-state index is 0.0105. The van der Waals surface area contributed by atoms with Crippen LogP contribution in [0.5, 0.6) is 5.75 Å². The Morgan fingerprint density at radius 2 is 2.00 bits per heavy atom. The molecule has 0 aliphatic carbocycles. The van der Waals surface area contributed by atoms with Crippen molar-refractivity contribution in [1.29, 1.82) is 0 Å². The second-order valence-corrected chi connectivity index (χ2v) is 5.30. The van der Waals surface area contributed by atoms with Gasteiger partial charge in [-0.2, -0.15) is 0 Å². The molecule has 0 fully saturated rings. The molecule has 1 amide bonds. The highest BCUT2D eigenvalue weighted by Crippen LogP contribution is 2.13. The largest absolute Gasteiger partial charge is 0.497 e. The Morgan fingerprint density at radius 3 is 2.65 bits per heavy atom. The first kappa shape index (κ1) is 16.7. The number of aryl methyl sites for hydroxylation is 1. The normalized spacial score (nSPS) is 10.2. The third-order valence-corrected chi connectivity index (χ3v) is 3.49. The number of pyridine rings is 1. The van der Waals surface area contributed by atoms with E-state index in [4.69, 9.17) is 4.74 Å². The van der Waals surface area contributed by atoms with Crippen molar-refractivity contribution >= 4 is 11.7 Å². The van der Waals surface area contributed by atoms with Crippen molar-refractivity contribution in [2.75, 3.05) is 7.11 Å². The van der Waals surface area contributed by atoms with Crippen LogP contribution in [0.1, 0.15) is 34.2 Å². The van der Waals surface area contributed by atoms with Crippen molar-refractivity contribution in [3.63, 3.8) is 0 Å². The molecule has 1 aromatic carbocycles. The summed E-state index contributed by atoms with van der Waals surface area (Å²) in [7, 11) is 1.60. The van der Waals surface area contributed by atoms with Gasteiger partial charge in [-0.1, -0.05) is 12.1 Å². The summed E-state index contributed by atoms with van der Waals surface area (Å²) in [5.41, 5.74) is 2.90. The number of ketones is 1. The standard InChI is InChI=1S/C18H20N2O3/c1-12-17(13(2)21)8-7-15(20-12)11-19-18(22)10-14-5-4-6-16(9-14)23-3/h4-9H,10-11H2,1-3H3,(H,19,22). The van der Waals surface area contributed by atoms with Gasteiger partial charge in [0, 0.05) is 11.3 Å². The number of rotatable bonds is 6. The molecule has 23 heavy (non-hydrogen) atoms. The van der Waals surface area contributed by atoms with E-state index < -0.39 is 0 Å². The van der Waals surface area contributed by atoms with E-state index in [2.05, 4.69) is 10.3 Å². The number of ether oxygens (including phenoxy) is 1. The van der Waals surface area contributed by atoms with Gasteiger partial charge in [-0.15, -0.1) is 0 Å². The van der Waals surface area contributed by atoms with Crippen molar-refractivity contribution < 1.29 is 14.3 Å². The number of benzene rings is 1. The van der Waals surface area contributed by atoms with Gasteiger partial charge in [0.1, 0.15) is 5.75 Å². The third kappa shape index (κ3) is 4.64. The van der Waals surface area contributed by atoms with E-state index in [-0.39, 0.29) is 18.1 Å². The van der Waals surface area contributed by atoms with Crippen molar-refractivity contribution in [2.24, 2.45) is 0 Å². The lowest BCUT2D eigenvalue weighted by atomic mass is 10.1. The molecule has 1 aromatic heterocycles. The zero-order chi connectivity index (χ0) is 16.8. The van der Waals surface area contributed by atoms with Gasteiger partial charge in [-0.25, -0.2) is 0 Å². The van der Waals surface area contributed by atoms with E-state index in [0.29, 0.717) is 17.8 Å². The van der Waals surface area contributed by atoms with Crippen LogP contribution in [0.15, 0.2) is 36.4 Å². The summed E-state index contributed by atoms with van der Waals surface area (Å²) >= 11 is 0. The summed E-state index contributed by atoms with van der Waals surface area (Å²) < 4.78 is 5.14. The lowest BCUT2D eigenvalue weighted by Gasteiger charge is -2.08. The number of amides is 1. The minimum atomic E-state index is -0.0895. The van der Waals surface area contributed by atoms with Gasteiger partial charge < -0.3 is 10.1 Å². The number of hydrogen-bond donors (Lipinski definition) is 1. The summed E-state index contributed by atoms with van der Waals surface area (Å²) in [5, 5.41) is 2.83. The molecule has 0 aliphatic heterocycles. The quantitative estimate of drug-likeness (QED) is 0.832. The summed E-state index contributed by atoms with van der Waals surface area (Å²) in [4.78, 5) is 27.7. The monoisotopic (exact) mass is 312 g/mol. The molecule has 5 nitrogen and oxygen atoms in total. The predicted octanol–water partition coefficient (Wildman–Crippen LogP) is 2.46. The number of nitrogens with one attached hydrogen (secondary N) is 1. The Hall–Kier alpha value is -2.69. The van der Waals surface area contributed by atoms with Gasteiger partial charge in [0.05, 0.1) is 25.8 Å². The fourth-order valence-corrected chi connectivity index (χ4v) is 2.30. The van der Waals surface area contributed by atoms with Crippen LogP contribution in [0.2, 0.25) is 0 Å². The lowest BCUT2D eigenvalue weighted by molar-refractivity contribution is -0.120. The molecule has 0 saturated carbocycles. The zero-order valence-corrected chi connectivity index (χ0v) is 13.6. The smallest absolute Gasteiger partial charge is 0.224 e. The highest BCUT2D eigenvalue weighted by Gasteiger charge is 2.08. The summed E-state index contributed by atoms with van der Waals surface area (Å²) in [6, 6.07) is 10.9. The van der Waals surface area contributed by atoms with Crippen LogP contribution < -0.4 is 10.1 Å². The summed E-state index contributed by atoms with van der Waals surface area (Å²) in [5.74, 6) is 0.629. The highest BCUT2D eigenvalue weighted by atomic mass is 16.5. The van der Waals surface area contributed by atoms with Crippen molar-refractivity contribution in [3.05, 3.63) is 58.9 Å². The minimum Gasteiger partial charge on any atom is -0.497 e. The van der Waals surface area contributed by atoms with Gasteiger partial charge in [0.2, 0.25) is 5.91 Å². The summed E-state index contributed by atoms with van der Waals surface area (Å²) in [6.45, 7) is 3.64. The van der Waals surface area contributed by atoms with Gasteiger partial charge in [0.25, 0.3) is 0 Å². The fraction of sp³-hybridized carbons (Fsp3) is 0.278. The Morgan fingerprint density at radius 1 is 1.22 bits per heavy atom. The van der Waals surface area contributed by atoms with Gasteiger partial charge in [-0.05, 0) is 43.7 Å². The molecule has 0 saturated heterocycles. The molecule has 0 unspecified atom stereocenters. The maximum absolute atomic E-state index is 12.0. The van der Waals surface area contributed by atoms with E-state index in [1.165, 1.54) is 6.92 Å². The lowest BCUT2D eigenvalue weighted by Crippen LogP contribution is -2.25. The molecule has 120 valence electrons. The Balaban J connectivity index is 1.93. The van der Waals surface area contributed by atoms with Crippen LogP contribution in [0, 0.1) is 6.92 Å². The number of hydrogen-bond acceptors (Lipinski definition) is 4. The van der Waals surface area contributed by atoms with Crippen molar-refractivity contribution in [3.8, 4) is 5.75 Å². The molecular weight excluding hydrogens is 292 g/mol. The average molecular weight is 312 g/mol. The van der Waals surface area contributed by atoms with Crippen LogP contribution in [0.3, 0.4) is 0 Å². The Labute approximate surface area is 135 Å². The second-order valence-electron chi connectivity index (χ2n) is 5.30. The van der Waals surface area contributed by atoms with Gasteiger partial charge >= 0.3 is 0 Å². The molecule has 0 bridgehead atoms. The number of Topliss-reactive ketones (excluding diaryl/α,β-unsaturated/α-hetero) is 1. The maximum atomic E-state index is 12.0. The molecule has 0 aliphatic rings. The van der Waals surface area contributed by atoms with E-state index >= 15 is 0 Å². The van der Waals surface area contributed by atoms with Crippen LogP contribution in [-0.4, -0.2) is 23.8 Å². The van der Waals surface area contributed by atoms with Crippen LogP contribution in [-0.2, 0) is 17.8 Å². The number of methoxy groups -OCH3 is 1. The molecule has 0 spiro atoms. The summed E-state index contributed by atoms with van der Waals surface area (Å²) in [6.07, 6.45) is 0.279. The van der Waals surface area contributed by atoms with Crippen LogP contribution in [0.25, 0.3) is 0 Å². The topological polar surface area (TPSA) is 68.3 Å². The average Bonchev–Trinajstić information content (AvgIpc) is 2.53. The van der Waals surface area contributed by atoms with Crippen LogP contribution in [0.4, 0.5) is 0 Å². The number of aromatic nitrogens is 1. The van der Waals surface area contributed by atoms with E-state index in [0.717, 1.165) is 17.0 Å². The van der Waals surface area contributed by atoms with Gasteiger partial charge in [0.15, 0.2) is 5.78 Å². The first-order chi connectivity index (χ1) is 11.0. The van der Waals surface area contributed by atoms with E-state index in [1.54, 1.807) is 26.2 Å². The SMILES string of the molecule is COc1cccc(CC(=O)NCc2ccc(C(C)=O)c(C)n2)c1. The molecule has 5 heteroatoms. The van der Waals surface area contributed by atoms with Crippen molar-refractivity contribution in [2.45, 2.75) is 26.8 Å². The first-order valence-corrected chi connectivity index (χ1v) is 7.36. The van der Waals surface area contributed by atoms with Gasteiger partial charge in [-0.3, -0.25) is 14.6 Å². The number of carbonyl (C=O) groups is 2. The molecular formula is C18H20N2O3. The third-order valence-electron chi connectivity index (χ3n) is 3.49. The molecule has 2 rings (SSSR count). The van der Waals surface area contributed by atoms with Crippen LogP contribution >= 0.6 is 0 Å². The zero-order valence-electron chi connectivity index (χ0n) is 13.6. The van der Waals surface area contributed by atoms with E-state index in [9.17, 15) is 9.59 Å².